The maximum atomic E-state index is 13.4. The summed E-state index contributed by atoms with van der Waals surface area (Å²) in [5.74, 6) is -0.258. The fourth-order valence-corrected chi connectivity index (χ4v) is 4.30. The predicted octanol–water partition coefficient (Wildman–Crippen LogP) is 3.71. The molecule has 11 heteroatoms. The molecule has 2 aromatic rings. The highest BCUT2D eigenvalue weighted by atomic mass is 35.5. The maximum Gasteiger partial charge on any atom is 0.244 e. The zero-order valence-electron chi connectivity index (χ0n) is 19.7. The molecule has 0 radical (unpaired) electrons. The summed E-state index contributed by atoms with van der Waals surface area (Å²) in [4.78, 5) is 27.5. The first kappa shape index (κ1) is 27.8. The van der Waals surface area contributed by atoms with Crippen molar-refractivity contribution in [3.63, 3.8) is 0 Å². The summed E-state index contributed by atoms with van der Waals surface area (Å²) in [6.07, 6.45) is 0.992. The van der Waals surface area contributed by atoms with Crippen LogP contribution < -0.4 is 14.4 Å². The van der Waals surface area contributed by atoms with Crippen LogP contribution in [0.25, 0.3) is 0 Å². The lowest BCUT2D eigenvalue weighted by Gasteiger charge is -2.32. The van der Waals surface area contributed by atoms with Gasteiger partial charge < -0.3 is 15.0 Å². The summed E-state index contributed by atoms with van der Waals surface area (Å²) in [6.45, 7) is 4.80. The van der Waals surface area contributed by atoms with Gasteiger partial charge in [-0.15, -0.1) is 0 Å². The summed E-state index contributed by atoms with van der Waals surface area (Å²) < 4.78 is 31.2. The normalized spacial score (nSPS) is 12.2. The lowest BCUT2D eigenvalue weighted by Crippen LogP contribution is -2.52. The molecule has 8 nitrogen and oxygen atoms in total. The summed E-state index contributed by atoms with van der Waals surface area (Å²) in [5.41, 5.74) is 0.938. The molecule has 2 rings (SSSR count). The molecule has 1 N–H and O–H groups in total. The van der Waals surface area contributed by atoms with E-state index in [0.29, 0.717) is 5.75 Å². The van der Waals surface area contributed by atoms with Crippen LogP contribution >= 0.6 is 23.2 Å². The Bertz CT molecular complexity index is 1120. The van der Waals surface area contributed by atoms with Crippen LogP contribution in [0.2, 0.25) is 10.0 Å². The third kappa shape index (κ3) is 7.51. The van der Waals surface area contributed by atoms with Gasteiger partial charge in [0.2, 0.25) is 21.8 Å². The molecular weight excluding hydrogens is 501 g/mol. The fourth-order valence-electron chi connectivity index (χ4n) is 3.17. The van der Waals surface area contributed by atoms with Gasteiger partial charge >= 0.3 is 0 Å². The molecule has 0 aromatic heterocycles. The predicted molar refractivity (Wildman–Crippen MR) is 135 cm³/mol. The quantitative estimate of drug-likeness (QED) is 0.506. The molecular formula is C23H29Cl2N3O5S. The van der Waals surface area contributed by atoms with E-state index in [4.69, 9.17) is 27.9 Å². The first-order valence-electron chi connectivity index (χ1n) is 10.5. The van der Waals surface area contributed by atoms with Gasteiger partial charge in [0.1, 0.15) is 18.3 Å². The molecule has 2 amide bonds. The van der Waals surface area contributed by atoms with Crippen LogP contribution in [0.3, 0.4) is 0 Å². The maximum absolute atomic E-state index is 13.4. The van der Waals surface area contributed by atoms with Crippen LogP contribution in [0, 0.1) is 0 Å². The smallest absolute Gasteiger partial charge is 0.244 e. The summed E-state index contributed by atoms with van der Waals surface area (Å²) in [7, 11) is -2.31. The Morgan fingerprint density at radius 3 is 2.15 bits per heavy atom. The van der Waals surface area contributed by atoms with E-state index in [1.165, 1.54) is 23.1 Å². The molecule has 0 saturated carbocycles. The van der Waals surface area contributed by atoms with Crippen LogP contribution in [0.4, 0.5) is 5.69 Å². The Hall–Kier alpha value is -2.49. The van der Waals surface area contributed by atoms with Crippen molar-refractivity contribution in [3.8, 4) is 5.75 Å². The van der Waals surface area contributed by atoms with Crippen molar-refractivity contribution in [2.75, 3.05) is 24.2 Å². The average molecular weight is 530 g/mol. The van der Waals surface area contributed by atoms with Crippen LogP contribution in [0.15, 0.2) is 42.5 Å². The van der Waals surface area contributed by atoms with Crippen molar-refractivity contribution in [2.45, 2.75) is 39.4 Å². The van der Waals surface area contributed by atoms with E-state index in [-0.39, 0.29) is 34.2 Å². The third-order valence-corrected chi connectivity index (χ3v) is 6.86. The van der Waals surface area contributed by atoms with Crippen molar-refractivity contribution in [1.29, 1.82) is 0 Å². The Kier molecular flexibility index (Phi) is 9.61. The lowest BCUT2D eigenvalue weighted by atomic mass is 10.1. The number of carbonyl (C=O) groups is 2. The van der Waals surface area contributed by atoms with E-state index in [1.807, 2.05) is 13.8 Å². The average Bonchev–Trinajstić information content (AvgIpc) is 2.76. The van der Waals surface area contributed by atoms with Gasteiger partial charge in [0.15, 0.2) is 0 Å². The topological polar surface area (TPSA) is 96.0 Å². The van der Waals surface area contributed by atoms with Gasteiger partial charge in [-0.3, -0.25) is 13.9 Å². The fraction of sp³-hybridized carbons (Fsp3) is 0.391. The molecule has 186 valence electrons. The zero-order chi connectivity index (χ0) is 25.6. The Morgan fingerprint density at radius 1 is 1.03 bits per heavy atom. The first-order chi connectivity index (χ1) is 15.8. The highest BCUT2D eigenvalue weighted by Gasteiger charge is 2.30. The minimum atomic E-state index is -3.86. The van der Waals surface area contributed by atoms with Crippen LogP contribution in [-0.2, 0) is 26.2 Å². The monoisotopic (exact) mass is 529 g/mol. The molecule has 0 fully saturated rings. The molecule has 34 heavy (non-hydrogen) atoms. The Labute approximate surface area is 210 Å². The van der Waals surface area contributed by atoms with Gasteiger partial charge in [-0.25, -0.2) is 8.42 Å². The SMILES string of the molecule is COc1ccc(CN(C(=O)CN(c2ccc(Cl)c(Cl)c2)S(C)(=O)=O)[C@H](C)C(=O)NC(C)C)cc1. The van der Waals surface area contributed by atoms with Crippen molar-refractivity contribution >= 4 is 50.7 Å². The second-order valence-electron chi connectivity index (χ2n) is 8.08. The number of nitrogens with one attached hydrogen (secondary N) is 1. The number of benzene rings is 2. The number of methoxy groups -OCH3 is 1. The second kappa shape index (κ2) is 11.8. The number of hydrogen-bond donors (Lipinski definition) is 1. The molecule has 0 bridgehead atoms. The van der Waals surface area contributed by atoms with Crippen LogP contribution in [0.1, 0.15) is 26.3 Å². The molecule has 2 aromatic carbocycles. The van der Waals surface area contributed by atoms with Gasteiger partial charge in [0.25, 0.3) is 0 Å². The van der Waals surface area contributed by atoms with Crippen molar-refractivity contribution in [1.82, 2.24) is 10.2 Å². The molecule has 0 aliphatic heterocycles. The number of ether oxygens (including phenoxy) is 1. The van der Waals surface area contributed by atoms with E-state index in [1.54, 1.807) is 38.3 Å². The number of sulfonamides is 1. The van der Waals surface area contributed by atoms with Gasteiger partial charge in [-0.1, -0.05) is 35.3 Å². The summed E-state index contributed by atoms with van der Waals surface area (Å²) >= 11 is 12.0. The molecule has 0 heterocycles. The summed E-state index contributed by atoms with van der Waals surface area (Å²) in [6, 6.07) is 10.4. The second-order valence-corrected chi connectivity index (χ2v) is 10.8. The number of anilines is 1. The molecule has 1 atom stereocenters. The number of hydrogen-bond acceptors (Lipinski definition) is 5. The number of amides is 2. The largest absolute Gasteiger partial charge is 0.497 e. The van der Waals surface area contributed by atoms with E-state index >= 15 is 0 Å². The molecule has 0 aliphatic rings. The van der Waals surface area contributed by atoms with Crippen LogP contribution in [0.5, 0.6) is 5.75 Å². The Balaban J connectivity index is 2.40. The van der Waals surface area contributed by atoms with Crippen molar-refractivity contribution in [3.05, 3.63) is 58.1 Å². The standard InChI is InChI=1S/C23H29Cl2N3O5S/c1-15(2)26-23(30)16(3)27(13-17-6-9-19(33-4)10-7-17)22(29)14-28(34(5,31)32)18-8-11-20(24)21(25)12-18/h6-12,15-16H,13-14H2,1-5H3,(H,26,30)/t16-/m1/s1. The number of halogens is 2. The lowest BCUT2D eigenvalue weighted by molar-refractivity contribution is -0.139. The third-order valence-electron chi connectivity index (χ3n) is 4.98. The highest BCUT2D eigenvalue weighted by molar-refractivity contribution is 7.92. The number of nitrogens with zero attached hydrogens (tertiary/aromatic N) is 2. The van der Waals surface area contributed by atoms with Gasteiger partial charge in [0, 0.05) is 12.6 Å². The van der Waals surface area contributed by atoms with Gasteiger partial charge in [-0.2, -0.15) is 0 Å². The van der Waals surface area contributed by atoms with E-state index < -0.39 is 28.5 Å². The molecule has 0 aliphatic carbocycles. The molecule has 0 spiro atoms. The molecule has 0 saturated heterocycles. The van der Waals surface area contributed by atoms with E-state index in [9.17, 15) is 18.0 Å². The first-order valence-corrected chi connectivity index (χ1v) is 13.1. The van der Waals surface area contributed by atoms with Gasteiger partial charge in [0.05, 0.1) is 29.1 Å². The van der Waals surface area contributed by atoms with Crippen LogP contribution in [-0.4, -0.2) is 57.1 Å². The number of carbonyl (C=O) groups excluding carboxylic acids is 2. The van der Waals surface area contributed by atoms with Crippen molar-refractivity contribution in [2.24, 2.45) is 0 Å². The van der Waals surface area contributed by atoms with Gasteiger partial charge in [-0.05, 0) is 56.7 Å². The minimum Gasteiger partial charge on any atom is -0.497 e. The molecule has 0 unspecified atom stereocenters. The zero-order valence-corrected chi connectivity index (χ0v) is 22.0. The van der Waals surface area contributed by atoms with E-state index in [0.717, 1.165) is 16.1 Å². The Morgan fingerprint density at radius 2 is 1.65 bits per heavy atom. The highest BCUT2D eigenvalue weighted by Crippen LogP contribution is 2.28. The minimum absolute atomic E-state index is 0.0918. The van der Waals surface area contributed by atoms with Crippen molar-refractivity contribution < 1.29 is 22.7 Å². The summed E-state index contributed by atoms with van der Waals surface area (Å²) in [5, 5.41) is 3.20. The van der Waals surface area contributed by atoms with E-state index in [2.05, 4.69) is 5.32 Å². The number of rotatable bonds is 10.